The largest absolute Gasteiger partial charge is 0.375 e. The van der Waals surface area contributed by atoms with Crippen molar-refractivity contribution >= 4 is 39.1 Å². The second-order valence-corrected chi connectivity index (χ2v) is 5.89. The maximum atomic E-state index is 13.2. The molecule has 2 rings (SSSR count). The zero-order valence-corrected chi connectivity index (χ0v) is 14.5. The molecule has 0 aliphatic rings. The van der Waals surface area contributed by atoms with Gasteiger partial charge >= 0.3 is 0 Å². The lowest BCUT2D eigenvalue weighted by atomic mass is 10.1. The number of benzene rings is 2. The van der Waals surface area contributed by atoms with Gasteiger partial charge in [0, 0.05) is 18.5 Å². The summed E-state index contributed by atoms with van der Waals surface area (Å²) in [6, 6.07) is 11.2. The second-order valence-electron chi connectivity index (χ2n) is 5.04. The van der Waals surface area contributed by atoms with E-state index < -0.39 is 0 Å². The molecule has 2 aromatic rings. The molecule has 126 valence electrons. The number of nitrogens with one attached hydrogen (secondary N) is 2. The molecule has 5 nitrogen and oxygen atoms in total. The molecule has 7 heteroatoms. The molecular weight excluding hydrogens is 379 g/mol. The van der Waals surface area contributed by atoms with Crippen LogP contribution in [0.5, 0.6) is 0 Å². The fourth-order valence-electron chi connectivity index (χ4n) is 2.04. The van der Waals surface area contributed by atoms with Crippen molar-refractivity contribution in [3.05, 3.63) is 58.3 Å². The van der Waals surface area contributed by atoms with Gasteiger partial charge in [-0.2, -0.15) is 0 Å². The number of methoxy groups -OCH3 is 1. The summed E-state index contributed by atoms with van der Waals surface area (Å²) in [5, 5.41) is 5.40. The lowest BCUT2D eigenvalue weighted by molar-refractivity contribution is -0.119. The lowest BCUT2D eigenvalue weighted by Crippen LogP contribution is -2.18. The van der Waals surface area contributed by atoms with E-state index in [0.29, 0.717) is 21.4 Å². The van der Waals surface area contributed by atoms with Gasteiger partial charge in [-0.05, 0) is 51.8 Å². The van der Waals surface area contributed by atoms with Gasteiger partial charge in [-0.3, -0.25) is 9.59 Å². The van der Waals surface area contributed by atoms with Crippen LogP contribution >= 0.6 is 15.9 Å². The number of amides is 2. The molecule has 2 amide bonds. The van der Waals surface area contributed by atoms with Crippen molar-refractivity contribution in [3.8, 4) is 0 Å². The van der Waals surface area contributed by atoms with E-state index in [9.17, 15) is 14.0 Å². The molecule has 0 atom stereocenters. The average molecular weight is 395 g/mol. The van der Waals surface area contributed by atoms with Crippen molar-refractivity contribution in [2.75, 3.05) is 24.4 Å². The molecule has 24 heavy (non-hydrogen) atoms. The Morgan fingerprint density at radius 2 is 1.75 bits per heavy atom. The van der Waals surface area contributed by atoms with E-state index in [0.717, 1.165) is 0 Å². The van der Waals surface area contributed by atoms with Crippen LogP contribution in [-0.2, 0) is 20.7 Å². The number of rotatable bonds is 6. The third kappa shape index (κ3) is 5.43. The first-order valence-electron chi connectivity index (χ1n) is 7.10. The van der Waals surface area contributed by atoms with Gasteiger partial charge in [0.1, 0.15) is 12.4 Å². The van der Waals surface area contributed by atoms with Crippen molar-refractivity contribution in [1.82, 2.24) is 0 Å². The van der Waals surface area contributed by atoms with Crippen LogP contribution in [0.25, 0.3) is 0 Å². The van der Waals surface area contributed by atoms with Gasteiger partial charge in [0.05, 0.1) is 10.9 Å². The van der Waals surface area contributed by atoms with Crippen LogP contribution in [-0.4, -0.2) is 25.5 Å². The SMILES string of the molecule is COCC(=O)Nc1cccc(NC(=O)Cc2ccc(F)c(Br)c2)c1. The minimum Gasteiger partial charge on any atom is -0.375 e. The van der Waals surface area contributed by atoms with Crippen molar-refractivity contribution in [3.63, 3.8) is 0 Å². The van der Waals surface area contributed by atoms with Crippen molar-refractivity contribution in [2.24, 2.45) is 0 Å². The summed E-state index contributed by atoms with van der Waals surface area (Å²) in [6.07, 6.45) is 0.110. The summed E-state index contributed by atoms with van der Waals surface area (Å²) in [6.45, 7) is -0.0456. The number of carbonyl (C=O) groups is 2. The van der Waals surface area contributed by atoms with E-state index in [1.54, 1.807) is 36.4 Å². The normalized spacial score (nSPS) is 10.3. The minimum absolute atomic E-state index is 0.0456. The van der Waals surface area contributed by atoms with Crippen LogP contribution in [0.2, 0.25) is 0 Å². The number of hydrogen-bond donors (Lipinski definition) is 2. The van der Waals surface area contributed by atoms with E-state index in [4.69, 9.17) is 4.74 Å². The van der Waals surface area contributed by atoms with Gasteiger partial charge in [-0.1, -0.05) is 12.1 Å². The van der Waals surface area contributed by atoms with Crippen LogP contribution in [0.3, 0.4) is 0 Å². The zero-order valence-electron chi connectivity index (χ0n) is 12.9. The molecule has 0 unspecified atom stereocenters. The molecule has 0 aromatic heterocycles. The molecule has 2 N–H and O–H groups in total. The average Bonchev–Trinajstić information content (AvgIpc) is 2.51. The summed E-state index contributed by atoms with van der Waals surface area (Å²) >= 11 is 3.09. The maximum Gasteiger partial charge on any atom is 0.250 e. The van der Waals surface area contributed by atoms with E-state index in [2.05, 4.69) is 26.6 Å². The Hall–Kier alpha value is -2.25. The Bertz CT molecular complexity index is 752. The molecule has 0 saturated carbocycles. The number of halogens is 2. The number of carbonyl (C=O) groups excluding carboxylic acids is 2. The Morgan fingerprint density at radius 3 is 2.38 bits per heavy atom. The molecule has 0 saturated heterocycles. The van der Waals surface area contributed by atoms with E-state index in [1.165, 1.54) is 13.2 Å². The Morgan fingerprint density at radius 1 is 1.08 bits per heavy atom. The Labute approximate surface area is 147 Å². The van der Waals surface area contributed by atoms with Crippen molar-refractivity contribution < 1.29 is 18.7 Å². The summed E-state index contributed by atoms with van der Waals surface area (Å²) in [5.74, 6) is -0.898. The zero-order chi connectivity index (χ0) is 17.5. The highest BCUT2D eigenvalue weighted by Crippen LogP contribution is 2.18. The van der Waals surface area contributed by atoms with Gasteiger partial charge in [0.2, 0.25) is 11.8 Å². The number of hydrogen-bond acceptors (Lipinski definition) is 3. The monoisotopic (exact) mass is 394 g/mol. The molecule has 0 aliphatic heterocycles. The lowest BCUT2D eigenvalue weighted by Gasteiger charge is -2.09. The summed E-state index contributed by atoms with van der Waals surface area (Å²) < 4.78 is 18.3. The second kappa shape index (κ2) is 8.56. The van der Waals surface area contributed by atoms with E-state index >= 15 is 0 Å². The first kappa shape index (κ1) is 18.1. The third-order valence-electron chi connectivity index (χ3n) is 3.05. The third-order valence-corrected chi connectivity index (χ3v) is 3.66. The highest BCUT2D eigenvalue weighted by molar-refractivity contribution is 9.10. The van der Waals surface area contributed by atoms with Gasteiger partial charge in [0.15, 0.2) is 0 Å². The maximum absolute atomic E-state index is 13.2. The molecule has 0 fully saturated rings. The Balaban J connectivity index is 1.98. The fraction of sp³-hybridized carbons (Fsp3) is 0.176. The van der Waals surface area contributed by atoms with Gasteiger partial charge in [-0.25, -0.2) is 4.39 Å². The molecule has 2 aromatic carbocycles. The van der Waals surface area contributed by atoms with Gasteiger partial charge < -0.3 is 15.4 Å². The van der Waals surface area contributed by atoms with Crippen LogP contribution in [0.4, 0.5) is 15.8 Å². The van der Waals surface area contributed by atoms with Crippen LogP contribution in [0.15, 0.2) is 46.9 Å². The van der Waals surface area contributed by atoms with E-state index in [-0.39, 0.29) is 30.7 Å². The summed E-state index contributed by atoms with van der Waals surface area (Å²) in [4.78, 5) is 23.6. The predicted octanol–water partition coefficient (Wildman–Crippen LogP) is 3.35. The molecule has 0 radical (unpaired) electrons. The molecule has 0 heterocycles. The van der Waals surface area contributed by atoms with Crippen LogP contribution < -0.4 is 10.6 Å². The van der Waals surface area contributed by atoms with Gasteiger partial charge in [-0.15, -0.1) is 0 Å². The summed E-state index contributed by atoms with van der Waals surface area (Å²) in [7, 11) is 1.43. The van der Waals surface area contributed by atoms with Gasteiger partial charge in [0.25, 0.3) is 0 Å². The molecule has 0 aliphatic carbocycles. The minimum atomic E-state index is -0.376. The summed E-state index contributed by atoms with van der Waals surface area (Å²) in [5.41, 5.74) is 1.79. The Kier molecular flexibility index (Phi) is 6.45. The standard InChI is InChI=1S/C17H16BrFN2O3/c1-24-10-17(23)21-13-4-2-3-12(9-13)20-16(22)8-11-5-6-15(19)14(18)7-11/h2-7,9H,8,10H2,1H3,(H,20,22)(H,21,23). The number of anilines is 2. The van der Waals surface area contributed by atoms with Crippen LogP contribution in [0.1, 0.15) is 5.56 Å². The smallest absolute Gasteiger partial charge is 0.250 e. The van der Waals surface area contributed by atoms with E-state index in [1.807, 2.05) is 0 Å². The quantitative estimate of drug-likeness (QED) is 0.789. The topological polar surface area (TPSA) is 67.4 Å². The van der Waals surface area contributed by atoms with Crippen LogP contribution in [0, 0.1) is 5.82 Å². The highest BCUT2D eigenvalue weighted by atomic mass is 79.9. The molecular formula is C17H16BrFN2O3. The van der Waals surface area contributed by atoms with Crippen molar-refractivity contribution in [1.29, 1.82) is 0 Å². The highest BCUT2D eigenvalue weighted by Gasteiger charge is 2.08. The molecule has 0 bridgehead atoms. The predicted molar refractivity (Wildman–Crippen MR) is 93.4 cm³/mol. The first-order chi connectivity index (χ1) is 11.5. The molecule has 0 spiro atoms. The fourth-order valence-corrected chi connectivity index (χ4v) is 2.47. The number of ether oxygens (including phenoxy) is 1. The van der Waals surface area contributed by atoms with Crippen molar-refractivity contribution in [2.45, 2.75) is 6.42 Å². The first-order valence-corrected chi connectivity index (χ1v) is 7.90.